The van der Waals surface area contributed by atoms with E-state index < -0.39 is 0 Å². The number of hydrogen-bond donors (Lipinski definition) is 1. The first-order valence-electron chi connectivity index (χ1n) is 7.15. The summed E-state index contributed by atoms with van der Waals surface area (Å²) in [5.74, 6) is 0.538. The summed E-state index contributed by atoms with van der Waals surface area (Å²) in [5.41, 5.74) is 1.63. The fraction of sp³-hybridized carbons (Fsp3) is 0.267. The average molecular weight is 314 g/mol. The molecular formula is C15H14N4O4. The van der Waals surface area contributed by atoms with Crippen LogP contribution >= 0.6 is 0 Å². The van der Waals surface area contributed by atoms with Gasteiger partial charge in [0.25, 0.3) is 11.5 Å². The van der Waals surface area contributed by atoms with Gasteiger partial charge in [0.05, 0.1) is 24.0 Å². The number of furan rings is 1. The van der Waals surface area contributed by atoms with E-state index in [-0.39, 0.29) is 17.4 Å². The fourth-order valence-electron chi connectivity index (χ4n) is 2.75. The molecule has 0 spiro atoms. The molecule has 8 heteroatoms. The van der Waals surface area contributed by atoms with Crippen molar-refractivity contribution in [1.82, 2.24) is 19.8 Å². The third kappa shape index (κ3) is 2.28. The summed E-state index contributed by atoms with van der Waals surface area (Å²) in [6, 6.07) is 3.19. The molecule has 1 saturated heterocycles. The molecule has 0 aliphatic carbocycles. The van der Waals surface area contributed by atoms with E-state index in [1.54, 1.807) is 41.4 Å². The molecule has 0 radical (unpaired) electrons. The van der Waals surface area contributed by atoms with E-state index in [0.717, 1.165) is 5.56 Å². The molecule has 1 aliphatic rings. The fourth-order valence-corrected chi connectivity index (χ4v) is 2.75. The van der Waals surface area contributed by atoms with E-state index in [1.165, 1.54) is 6.07 Å². The van der Waals surface area contributed by atoms with E-state index in [4.69, 9.17) is 8.94 Å². The summed E-state index contributed by atoms with van der Waals surface area (Å²) < 4.78 is 11.8. The van der Waals surface area contributed by atoms with Gasteiger partial charge in [-0.3, -0.25) is 14.3 Å². The summed E-state index contributed by atoms with van der Waals surface area (Å²) in [6.07, 6.45) is 4.81. The predicted octanol–water partition coefficient (Wildman–Crippen LogP) is 1.20. The Bertz CT molecular complexity index is 896. The summed E-state index contributed by atoms with van der Waals surface area (Å²) in [4.78, 5) is 25.5. The van der Waals surface area contributed by atoms with Crippen LogP contribution in [0, 0.1) is 0 Å². The van der Waals surface area contributed by atoms with Crippen molar-refractivity contribution in [2.45, 2.75) is 5.92 Å². The lowest BCUT2D eigenvalue weighted by molar-refractivity contribution is 0.0575. The third-order valence-electron chi connectivity index (χ3n) is 3.97. The molecule has 1 N–H and O–H groups in total. The molecule has 1 aliphatic heterocycles. The number of hydrogen-bond acceptors (Lipinski definition) is 5. The van der Waals surface area contributed by atoms with Gasteiger partial charge in [-0.2, -0.15) is 10.3 Å². The zero-order valence-corrected chi connectivity index (χ0v) is 12.4. The minimum atomic E-state index is -0.265. The molecule has 0 unspecified atom stereocenters. The average Bonchev–Trinajstić information content (AvgIpc) is 3.17. The van der Waals surface area contributed by atoms with Gasteiger partial charge in [-0.15, -0.1) is 0 Å². The molecule has 1 amide bonds. The lowest BCUT2D eigenvalue weighted by Crippen LogP contribution is -2.48. The van der Waals surface area contributed by atoms with Crippen molar-refractivity contribution in [3.8, 4) is 11.3 Å². The maximum Gasteiger partial charge on any atom is 0.280 e. The Labute approximate surface area is 130 Å². The topological polar surface area (TPSA) is 97.3 Å². The highest BCUT2D eigenvalue weighted by Crippen LogP contribution is 2.30. The van der Waals surface area contributed by atoms with Crippen molar-refractivity contribution in [3.63, 3.8) is 0 Å². The lowest BCUT2D eigenvalue weighted by Gasteiger charge is -2.37. The largest absolute Gasteiger partial charge is 0.472 e. The molecule has 4 heterocycles. The third-order valence-corrected chi connectivity index (χ3v) is 3.97. The number of aromatic nitrogens is 3. The van der Waals surface area contributed by atoms with E-state index in [0.29, 0.717) is 30.1 Å². The number of carbonyl (C=O) groups excluding carboxylic acids is 1. The Hall–Kier alpha value is -3.03. The molecule has 3 aromatic rings. The summed E-state index contributed by atoms with van der Waals surface area (Å²) >= 11 is 0. The number of nitrogens with zero attached hydrogens (tertiary/aromatic N) is 3. The Morgan fingerprint density at radius 3 is 2.91 bits per heavy atom. The standard InChI is InChI=1S/C15H14N4O4/c1-18-7-11(14(16-18)9-2-3-22-8-9)15(21)19-5-10(6-19)12-4-13(20)17-23-12/h2-4,7-8,10H,5-6H2,1H3,(H,17,20). The summed E-state index contributed by atoms with van der Waals surface area (Å²) in [7, 11) is 1.77. The quantitative estimate of drug-likeness (QED) is 0.783. The number of aromatic amines is 1. The van der Waals surface area contributed by atoms with Crippen molar-refractivity contribution in [2.24, 2.45) is 7.05 Å². The van der Waals surface area contributed by atoms with E-state index in [9.17, 15) is 9.59 Å². The van der Waals surface area contributed by atoms with Gasteiger partial charge in [0.1, 0.15) is 11.5 Å². The molecular weight excluding hydrogens is 300 g/mol. The Morgan fingerprint density at radius 2 is 2.26 bits per heavy atom. The first-order valence-corrected chi connectivity index (χ1v) is 7.15. The Kier molecular flexibility index (Phi) is 2.97. The molecule has 0 atom stereocenters. The monoisotopic (exact) mass is 314 g/mol. The van der Waals surface area contributed by atoms with E-state index in [1.807, 2.05) is 0 Å². The molecule has 1 fully saturated rings. The minimum absolute atomic E-state index is 0.0481. The van der Waals surface area contributed by atoms with Crippen molar-refractivity contribution in [1.29, 1.82) is 0 Å². The minimum Gasteiger partial charge on any atom is -0.472 e. The highest BCUT2D eigenvalue weighted by Gasteiger charge is 2.36. The molecule has 8 nitrogen and oxygen atoms in total. The van der Waals surface area contributed by atoms with Crippen LogP contribution in [0.2, 0.25) is 0 Å². The Balaban J connectivity index is 1.54. The first-order chi connectivity index (χ1) is 11.1. The maximum absolute atomic E-state index is 12.7. The highest BCUT2D eigenvalue weighted by molar-refractivity contribution is 6.00. The number of H-pyrrole nitrogens is 1. The van der Waals surface area contributed by atoms with Gasteiger partial charge in [-0.1, -0.05) is 0 Å². The van der Waals surface area contributed by atoms with Crippen molar-refractivity contribution >= 4 is 5.91 Å². The molecule has 3 aromatic heterocycles. The molecule has 4 rings (SSSR count). The number of carbonyl (C=O) groups is 1. The van der Waals surface area contributed by atoms with Crippen LogP contribution in [0.4, 0.5) is 0 Å². The molecule has 118 valence electrons. The number of nitrogens with one attached hydrogen (secondary N) is 1. The number of rotatable bonds is 3. The Morgan fingerprint density at radius 1 is 1.43 bits per heavy atom. The molecule has 0 bridgehead atoms. The number of amides is 1. The van der Waals surface area contributed by atoms with Gasteiger partial charge >= 0.3 is 0 Å². The molecule has 0 aromatic carbocycles. The zero-order valence-electron chi connectivity index (χ0n) is 12.4. The van der Waals surface area contributed by atoms with Crippen LogP contribution in [-0.2, 0) is 7.05 Å². The van der Waals surface area contributed by atoms with Crippen LogP contribution in [0.25, 0.3) is 11.3 Å². The van der Waals surface area contributed by atoms with Crippen LogP contribution < -0.4 is 5.56 Å². The second kappa shape index (κ2) is 5.01. The normalized spacial score (nSPS) is 14.9. The molecule has 0 saturated carbocycles. The highest BCUT2D eigenvalue weighted by atomic mass is 16.5. The van der Waals surface area contributed by atoms with Gasteiger partial charge in [0.2, 0.25) is 0 Å². The van der Waals surface area contributed by atoms with Crippen molar-refractivity contribution in [2.75, 3.05) is 13.1 Å². The second-order valence-corrected chi connectivity index (χ2v) is 5.60. The number of likely N-dealkylation sites (tertiary alicyclic amines) is 1. The second-order valence-electron chi connectivity index (χ2n) is 5.60. The summed E-state index contributed by atoms with van der Waals surface area (Å²) in [5, 5.41) is 6.61. The van der Waals surface area contributed by atoms with Crippen LogP contribution in [0.5, 0.6) is 0 Å². The van der Waals surface area contributed by atoms with Gasteiger partial charge in [0, 0.05) is 38.0 Å². The van der Waals surface area contributed by atoms with Crippen LogP contribution in [0.3, 0.4) is 0 Å². The van der Waals surface area contributed by atoms with Gasteiger partial charge in [0.15, 0.2) is 0 Å². The maximum atomic E-state index is 12.7. The smallest absolute Gasteiger partial charge is 0.280 e. The number of aryl methyl sites for hydroxylation is 1. The van der Waals surface area contributed by atoms with Gasteiger partial charge in [-0.25, -0.2) is 0 Å². The van der Waals surface area contributed by atoms with Gasteiger partial charge in [-0.05, 0) is 6.07 Å². The van der Waals surface area contributed by atoms with Crippen LogP contribution in [-0.4, -0.2) is 38.8 Å². The van der Waals surface area contributed by atoms with Crippen LogP contribution in [0.15, 0.2) is 44.6 Å². The van der Waals surface area contributed by atoms with E-state index in [2.05, 4.69) is 10.3 Å². The lowest BCUT2D eigenvalue weighted by atomic mass is 9.96. The first kappa shape index (κ1) is 13.6. The van der Waals surface area contributed by atoms with Crippen LogP contribution in [0.1, 0.15) is 22.0 Å². The van der Waals surface area contributed by atoms with E-state index >= 15 is 0 Å². The van der Waals surface area contributed by atoms with Gasteiger partial charge < -0.3 is 13.8 Å². The zero-order chi connectivity index (χ0) is 16.0. The van der Waals surface area contributed by atoms with Crippen molar-refractivity contribution < 1.29 is 13.7 Å². The SMILES string of the molecule is Cn1cc(C(=O)N2CC(c3cc(=O)[nH]o3)C2)c(-c2ccoc2)n1. The predicted molar refractivity (Wildman–Crippen MR) is 78.9 cm³/mol. The van der Waals surface area contributed by atoms with Crippen molar-refractivity contribution in [3.05, 3.63) is 52.5 Å². The molecule has 23 heavy (non-hydrogen) atoms. The summed E-state index contributed by atoms with van der Waals surface area (Å²) in [6.45, 7) is 1.03.